The average molecular weight is 583 g/mol. The standard InChI is InChI=1S/C27H25F3N8O2S/c1-15-5-6-18(7-22(15)38-13-23(36(4)35-38)24-11-31-26(41-24)33-17(3)39)25(40)34-20-8-19(27(28,29)30)9-21(10-20)37-12-16(2)32-14-37/h5-14,35H,1-4H3,(H,34,40)(H,31,33,39). The lowest BCUT2D eigenvalue weighted by Gasteiger charge is -2.22. The Morgan fingerprint density at radius 1 is 1.05 bits per heavy atom. The topological polar surface area (TPSA) is 107 Å². The van der Waals surface area contributed by atoms with Crippen molar-refractivity contribution in [1.29, 1.82) is 0 Å². The SMILES string of the molecule is CC(=O)Nc1ncc(C2=CN(c3cc(C(=O)Nc4cc(-n5cnc(C)c5)cc(C(F)(F)F)c4)ccc3C)NN2C)s1. The number of anilines is 3. The van der Waals surface area contributed by atoms with Gasteiger partial charge in [-0.25, -0.2) is 9.97 Å². The minimum Gasteiger partial charge on any atom is -0.322 e. The summed E-state index contributed by atoms with van der Waals surface area (Å²) in [4.78, 5) is 33.7. The number of amides is 2. The number of hydrogen-bond donors (Lipinski definition) is 3. The highest BCUT2D eigenvalue weighted by atomic mass is 32.1. The minimum atomic E-state index is -4.61. The summed E-state index contributed by atoms with van der Waals surface area (Å²) in [7, 11) is 1.81. The van der Waals surface area contributed by atoms with Gasteiger partial charge in [-0.3, -0.25) is 19.6 Å². The van der Waals surface area contributed by atoms with E-state index in [1.54, 1.807) is 47.5 Å². The van der Waals surface area contributed by atoms with Gasteiger partial charge in [0.15, 0.2) is 5.13 Å². The van der Waals surface area contributed by atoms with Gasteiger partial charge >= 0.3 is 6.18 Å². The number of carbonyl (C=O) groups excluding carboxylic acids is 2. The van der Waals surface area contributed by atoms with Gasteiger partial charge in [-0.2, -0.15) is 13.2 Å². The number of aryl methyl sites for hydroxylation is 2. The van der Waals surface area contributed by atoms with Crippen molar-refractivity contribution < 1.29 is 22.8 Å². The fourth-order valence-electron chi connectivity index (χ4n) is 4.18. The highest BCUT2D eigenvalue weighted by Gasteiger charge is 2.32. The molecule has 3 N–H and O–H groups in total. The van der Waals surface area contributed by atoms with E-state index in [0.29, 0.717) is 16.5 Å². The lowest BCUT2D eigenvalue weighted by Crippen LogP contribution is -2.38. The van der Waals surface area contributed by atoms with Crippen LogP contribution in [0.1, 0.15) is 39.0 Å². The van der Waals surface area contributed by atoms with Crippen molar-refractivity contribution in [1.82, 2.24) is 25.1 Å². The van der Waals surface area contributed by atoms with Gasteiger partial charge in [0, 0.05) is 49.5 Å². The zero-order valence-corrected chi connectivity index (χ0v) is 23.2. The predicted octanol–water partition coefficient (Wildman–Crippen LogP) is 5.35. The maximum Gasteiger partial charge on any atom is 0.416 e. The van der Waals surface area contributed by atoms with Crippen LogP contribution in [0.5, 0.6) is 0 Å². The first-order valence-corrected chi connectivity index (χ1v) is 13.1. The van der Waals surface area contributed by atoms with Crippen LogP contribution in [0.25, 0.3) is 11.4 Å². The van der Waals surface area contributed by atoms with Gasteiger partial charge in [0.05, 0.1) is 33.8 Å². The summed E-state index contributed by atoms with van der Waals surface area (Å²) in [5.41, 5.74) is 5.66. The number of nitrogens with one attached hydrogen (secondary N) is 3. The Hall–Kier alpha value is -4.69. The molecule has 3 heterocycles. The van der Waals surface area contributed by atoms with E-state index in [9.17, 15) is 22.8 Å². The molecule has 4 aromatic rings. The van der Waals surface area contributed by atoms with E-state index in [0.717, 1.165) is 28.3 Å². The fraction of sp³-hybridized carbons (Fsp3) is 0.185. The van der Waals surface area contributed by atoms with E-state index >= 15 is 0 Å². The predicted molar refractivity (Wildman–Crippen MR) is 150 cm³/mol. The largest absolute Gasteiger partial charge is 0.416 e. The van der Waals surface area contributed by atoms with E-state index < -0.39 is 17.6 Å². The van der Waals surface area contributed by atoms with Crippen LogP contribution in [0, 0.1) is 13.8 Å². The second kappa shape index (κ2) is 10.7. The first-order valence-electron chi connectivity index (χ1n) is 12.3. The van der Waals surface area contributed by atoms with Crippen molar-refractivity contribution in [3.63, 3.8) is 0 Å². The van der Waals surface area contributed by atoms with E-state index in [1.165, 1.54) is 35.2 Å². The lowest BCUT2D eigenvalue weighted by molar-refractivity contribution is -0.137. The first kappa shape index (κ1) is 27.9. The lowest BCUT2D eigenvalue weighted by atomic mass is 10.1. The molecule has 0 fully saturated rings. The van der Waals surface area contributed by atoms with Crippen LogP contribution in [0.2, 0.25) is 0 Å². The minimum absolute atomic E-state index is 0.00492. The second-order valence-electron chi connectivity index (χ2n) is 9.40. The highest BCUT2D eigenvalue weighted by molar-refractivity contribution is 7.16. The molecule has 0 saturated carbocycles. The molecule has 1 aliphatic rings. The van der Waals surface area contributed by atoms with Crippen molar-refractivity contribution in [2.75, 3.05) is 22.7 Å². The van der Waals surface area contributed by atoms with E-state index in [-0.39, 0.29) is 22.8 Å². The highest BCUT2D eigenvalue weighted by Crippen LogP contribution is 2.34. The third-order valence-electron chi connectivity index (χ3n) is 6.16. The average Bonchev–Trinajstić information content (AvgIpc) is 3.63. The van der Waals surface area contributed by atoms with E-state index in [4.69, 9.17) is 0 Å². The van der Waals surface area contributed by atoms with Crippen LogP contribution in [-0.2, 0) is 11.0 Å². The molecular weight excluding hydrogens is 557 g/mol. The summed E-state index contributed by atoms with van der Waals surface area (Å²) >= 11 is 1.31. The van der Waals surface area contributed by atoms with Crippen LogP contribution in [0.3, 0.4) is 0 Å². The number of thiazole rings is 1. The zero-order chi connectivity index (χ0) is 29.5. The Kier molecular flexibility index (Phi) is 7.28. The molecule has 2 aromatic carbocycles. The summed E-state index contributed by atoms with van der Waals surface area (Å²) < 4.78 is 42.4. The van der Waals surface area contributed by atoms with Gasteiger partial charge in [-0.05, 0) is 49.7 Å². The number of nitrogens with zero attached hydrogens (tertiary/aromatic N) is 5. The third kappa shape index (κ3) is 6.07. The van der Waals surface area contributed by atoms with Gasteiger partial charge in [0.1, 0.15) is 0 Å². The molecule has 0 bridgehead atoms. The Labute approximate surface area is 237 Å². The molecule has 14 heteroatoms. The molecular formula is C27H25F3N8O2S. The maximum atomic E-state index is 13.7. The van der Waals surface area contributed by atoms with Crippen molar-refractivity contribution in [3.05, 3.63) is 88.6 Å². The van der Waals surface area contributed by atoms with Crippen molar-refractivity contribution in [2.45, 2.75) is 26.9 Å². The van der Waals surface area contributed by atoms with Gasteiger partial charge in [0.25, 0.3) is 5.91 Å². The third-order valence-corrected chi connectivity index (χ3v) is 7.09. The molecule has 2 aromatic heterocycles. The van der Waals surface area contributed by atoms with Gasteiger partial charge in [-0.1, -0.05) is 17.4 Å². The molecule has 1 aliphatic heterocycles. The molecule has 0 unspecified atom stereocenters. The zero-order valence-electron chi connectivity index (χ0n) is 22.4. The van der Waals surface area contributed by atoms with Crippen molar-refractivity contribution in [2.24, 2.45) is 0 Å². The van der Waals surface area contributed by atoms with Crippen LogP contribution in [-0.4, -0.2) is 38.4 Å². The van der Waals surface area contributed by atoms with Gasteiger partial charge < -0.3 is 15.2 Å². The number of aromatic nitrogens is 3. The summed E-state index contributed by atoms with van der Waals surface area (Å²) in [5.74, 6) is -0.791. The monoisotopic (exact) mass is 582 g/mol. The van der Waals surface area contributed by atoms with Crippen LogP contribution < -0.4 is 21.2 Å². The number of benzene rings is 2. The summed E-state index contributed by atoms with van der Waals surface area (Å²) in [6.07, 6.45) is 1.87. The fourth-order valence-corrected chi connectivity index (χ4v) is 5.09. The summed E-state index contributed by atoms with van der Waals surface area (Å²) in [5, 5.41) is 9.22. The molecule has 10 nitrogen and oxygen atoms in total. The molecule has 0 saturated heterocycles. The number of halogens is 3. The Morgan fingerprint density at radius 2 is 1.83 bits per heavy atom. The molecule has 0 aliphatic carbocycles. The summed E-state index contributed by atoms with van der Waals surface area (Å²) in [6, 6.07) is 8.37. The number of rotatable bonds is 6. The molecule has 212 valence electrons. The Balaban J connectivity index is 1.41. The van der Waals surface area contributed by atoms with Crippen LogP contribution >= 0.6 is 11.3 Å². The van der Waals surface area contributed by atoms with Gasteiger partial charge in [0.2, 0.25) is 5.91 Å². The van der Waals surface area contributed by atoms with E-state index in [2.05, 4.69) is 26.1 Å². The maximum absolute atomic E-state index is 13.7. The Bertz CT molecular complexity index is 1680. The molecule has 0 atom stereocenters. The Morgan fingerprint density at radius 3 is 2.51 bits per heavy atom. The molecule has 5 rings (SSSR count). The number of alkyl halides is 3. The second-order valence-corrected chi connectivity index (χ2v) is 10.4. The number of hydrogen-bond acceptors (Lipinski definition) is 8. The van der Waals surface area contributed by atoms with Gasteiger partial charge in [-0.15, -0.1) is 5.53 Å². The molecule has 41 heavy (non-hydrogen) atoms. The molecule has 2 amide bonds. The first-order chi connectivity index (χ1) is 19.4. The quantitative estimate of drug-likeness (QED) is 0.282. The van der Waals surface area contributed by atoms with Crippen LogP contribution in [0.4, 0.5) is 29.7 Å². The summed E-state index contributed by atoms with van der Waals surface area (Å²) in [6.45, 7) is 5.01. The van der Waals surface area contributed by atoms with Crippen LogP contribution in [0.15, 0.2) is 61.3 Å². The smallest absolute Gasteiger partial charge is 0.322 e. The normalized spacial score (nSPS) is 13.4. The van der Waals surface area contributed by atoms with Crippen molar-refractivity contribution in [3.8, 4) is 5.69 Å². The molecule has 0 radical (unpaired) electrons. The van der Waals surface area contributed by atoms with E-state index in [1.807, 2.05) is 20.2 Å². The van der Waals surface area contributed by atoms with Crippen molar-refractivity contribution >= 4 is 45.4 Å². The number of imidazole rings is 1. The molecule has 0 spiro atoms. The number of hydrazine groups is 2. The number of carbonyl (C=O) groups is 2.